The van der Waals surface area contributed by atoms with E-state index in [0.717, 1.165) is 49.0 Å². The fraction of sp³-hybridized carbons (Fsp3) is 0.625. The smallest absolute Gasteiger partial charge is 0.157 e. The lowest BCUT2D eigenvalue weighted by atomic mass is 10.1. The van der Waals surface area contributed by atoms with Gasteiger partial charge in [-0.2, -0.15) is 9.61 Å². The summed E-state index contributed by atoms with van der Waals surface area (Å²) < 4.78 is 7.34. The average molecular weight is 288 g/mol. The van der Waals surface area contributed by atoms with Crippen molar-refractivity contribution >= 4 is 11.5 Å². The SMILES string of the molecule is Cc1cc2nc(C(C)C)cc(NCC[C@@H]3CCOC3)n2n1. The Morgan fingerprint density at radius 3 is 3.00 bits per heavy atom. The van der Waals surface area contributed by atoms with Gasteiger partial charge in [-0.05, 0) is 31.6 Å². The fourth-order valence-electron chi connectivity index (χ4n) is 2.75. The lowest BCUT2D eigenvalue weighted by molar-refractivity contribution is 0.185. The molecule has 1 saturated heterocycles. The Morgan fingerprint density at radius 1 is 1.43 bits per heavy atom. The number of aromatic nitrogens is 3. The van der Waals surface area contributed by atoms with Crippen molar-refractivity contribution in [1.82, 2.24) is 14.6 Å². The molecule has 1 fully saturated rings. The zero-order chi connectivity index (χ0) is 14.8. The normalized spacial score (nSPS) is 18.8. The molecule has 2 aromatic heterocycles. The second-order valence-electron chi connectivity index (χ2n) is 6.22. The molecule has 0 spiro atoms. The molecule has 0 amide bonds. The minimum atomic E-state index is 0.411. The lowest BCUT2D eigenvalue weighted by Crippen LogP contribution is -2.12. The molecule has 0 saturated carbocycles. The molecule has 5 heteroatoms. The fourth-order valence-corrected chi connectivity index (χ4v) is 2.75. The van der Waals surface area contributed by atoms with E-state index in [2.05, 4.69) is 35.3 Å². The summed E-state index contributed by atoms with van der Waals surface area (Å²) in [6, 6.07) is 4.15. The lowest BCUT2D eigenvalue weighted by Gasteiger charge is -2.13. The van der Waals surface area contributed by atoms with Crippen molar-refractivity contribution in [3.8, 4) is 0 Å². The van der Waals surface area contributed by atoms with Crippen LogP contribution in [-0.2, 0) is 4.74 Å². The van der Waals surface area contributed by atoms with Crippen molar-refractivity contribution in [3.05, 3.63) is 23.5 Å². The van der Waals surface area contributed by atoms with Gasteiger partial charge in [0.05, 0.1) is 5.69 Å². The van der Waals surface area contributed by atoms with Crippen LogP contribution in [0.1, 0.15) is 44.0 Å². The highest BCUT2D eigenvalue weighted by molar-refractivity contribution is 5.50. The first-order chi connectivity index (χ1) is 10.1. The highest BCUT2D eigenvalue weighted by atomic mass is 16.5. The third kappa shape index (κ3) is 3.18. The summed E-state index contributed by atoms with van der Waals surface area (Å²) in [7, 11) is 0. The van der Waals surface area contributed by atoms with Crippen LogP contribution in [0, 0.1) is 12.8 Å². The Balaban J connectivity index is 1.78. The molecule has 1 aliphatic heterocycles. The first-order valence-electron chi connectivity index (χ1n) is 7.82. The van der Waals surface area contributed by atoms with E-state index in [-0.39, 0.29) is 0 Å². The van der Waals surface area contributed by atoms with Gasteiger partial charge >= 0.3 is 0 Å². The molecule has 1 atom stereocenters. The zero-order valence-corrected chi connectivity index (χ0v) is 13.1. The van der Waals surface area contributed by atoms with Crippen LogP contribution < -0.4 is 5.32 Å². The van der Waals surface area contributed by atoms with Crippen LogP contribution in [0.15, 0.2) is 12.1 Å². The summed E-state index contributed by atoms with van der Waals surface area (Å²) in [4.78, 5) is 4.68. The number of nitrogens with one attached hydrogen (secondary N) is 1. The second kappa shape index (κ2) is 6.02. The summed E-state index contributed by atoms with van der Waals surface area (Å²) in [5.74, 6) is 2.14. The molecule has 0 unspecified atom stereocenters. The Hall–Kier alpha value is -1.62. The minimum Gasteiger partial charge on any atom is -0.381 e. The molecule has 21 heavy (non-hydrogen) atoms. The summed E-state index contributed by atoms with van der Waals surface area (Å²) in [6.07, 6.45) is 2.33. The van der Waals surface area contributed by atoms with Crippen LogP contribution in [0.25, 0.3) is 5.65 Å². The molecule has 5 nitrogen and oxygen atoms in total. The first kappa shape index (κ1) is 14.3. The van der Waals surface area contributed by atoms with Crippen LogP contribution >= 0.6 is 0 Å². The van der Waals surface area contributed by atoms with E-state index in [1.165, 1.54) is 6.42 Å². The van der Waals surface area contributed by atoms with Crippen molar-refractivity contribution in [3.63, 3.8) is 0 Å². The van der Waals surface area contributed by atoms with E-state index in [9.17, 15) is 0 Å². The Morgan fingerprint density at radius 2 is 2.29 bits per heavy atom. The van der Waals surface area contributed by atoms with Crippen molar-refractivity contribution < 1.29 is 4.74 Å². The summed E-state index contributed by atoms with van der Waals surface area (Å²) in [5, 5.41) is 8.06. The Bertz CT molecular complexity index is 614. The molecular weight excluding hydrogens is 264 g/mol. The van der Waals surface area contributed by atoms with Crippen molar-refractivity contribution in [2.75, 3.05) is 25.1 Å². The molecule has 2 aromatic rings. The van der Waals surface area contributed by atoms with Crippen LogP contribution in [0.5, 0.6) is 0 Å². The van der Waals surface area contributed by atoms with Crippen molar-refractivity contribution in [2.45, 2.75) is 39.5 Å². The first-order valence-corrected chi connectivity index (χ1v) is 7.82. The number of rotatable bonds is 5. The van der Waals surface area contributed by atoms with Gasteiger partial charge in [0.25, 0.3) is 0 Å². The quantitative estimate of drug-likeness (QED) is 0.919. The van der Waals surface area contributed by atoms with Gasteiger partial charge < -0.3 is 10.1 Å². The predicted molar refractivity (Wildman–Crippen MR) is 83.8 cm³/mol. The number of hydrogen-bond acceptors (Lipinski definition) is 4. The maximum atomic E-state index is 5.43. The van der Waals surface area contributed by atoms with Gasteiger partial charge in [-0.25, -0.2) is 4.98 Å². The molecule has 3 heterocycles. The van der Waals surface area contributed by atoms with Crippen molar-refractivity contribution in [1.29, 1.82) is 0 Å². The van der Waals surface area contributed by atoms with Gasteiger partial charge in [-0.15, -0.1) is 0 Å². The van der Waals surface area contributed by atoms with E-state index in [0.29, 0.717) is 11.8 Å². The third-order valence-electron chi connectivity index (χ3n) is 4.04. The molecule has 1 N–H and O–H groups in total. The van der Waals surface area contributed by atoms with E-state index in [1.54, 1.807) is 0 Å². The van der Waals surface area contributed by atoms with Gasteiger partial charge in [0.1, 0.15) is 5.82 Å². The molecule has 1 aliphatic rings. The largest absolute Gasteiger partial charge is 0.381 e. The van der Waals surface area contributed by atoms with Crippen LogP contribution in [-0.4, -0.2) is 34.4 Å². The van der Waals surface area contributed by atoms with Gasteiger partial charge in [-0.1, -0.05) is 13.8 Å². The number of aryl methyl sites for hydroxylation is 1. The zero-order valence-electron chi connectivity index (χ0n) is 13.1. The van der Waals surface area contributed by atoms with Gasteiger partial charge in [0, 0.05) is 37.6 Å². The van der Waals surface area contributed by atoms with Crippen molar-refractivity contribution in [2.24, 2.45) is 5.92 Å². The van der Waals surface area contributed by atoms with Gasteiger partial charge in [0.15, 0.2) is 5.65 Å². The highest BCUT2D eigenvalue weighted by Crippen LogP contribution is 2.21. The van der Waals surface area contributed by atoms with Crippen LogP contribution in [0.2, 0.25) is 0 Å². The third-order valence-corrected chi connectivity index (χ3v) is 4.04. The Kier molecular flexibility index (Phi) is 4.10. The molecule has 3 rings (SSSR count). The van der Waals surface area contributed by atoms with E-state index < -0.39 is 0 Å². The summed E-state index contributed by atoms with van der Waals surface area (Å²) >= 11 is 0. The minimum absolute atomic E-state index is 0.411. The topological polar surface area (TPSA) is 51.5 Å². The number of fused-ring (bicyclic) bond motifs is 1. The van der Waals surface area contributed by atoms with Crippen LogP contribution in [0.3, 0.4) is 0 Å². The number of anilines is 1. The summed E-state index contributed by atoms with van der Waals surface area (Å²) in [5.41, 5.74) is 3.02. The summed E-state index contributed by atoms with van der Waals surface area (Å²) in [6.45, 7) is 9.11. The van der Waals surface area contributed by atoms with Gasteiger partial charge in [0.2, 0.25) is 0 Å². The molecule has 0 aromatic carbocycles. The Labute approximate surface area is 125 Å². The van der Waals surface area contributed by atoms with Gasteiger partial charge in [-0.3, -0.25) is 0 Å². The molecular formula is C16H24N4O. The predicted octanol–water partition coefficient (Wildman–Crippen LogP) is 3.00. The second-order valence-corrected chi connectivity index (χ2v) is 6.22. The number of hydrogen-bond donors (Lipinski definition) is 1. The number of ether oxygens (including phenoxy) is 1. The van der Waals surface area contributed by atoms with E-state index >= 15 is 0 Å². The number of nitrogens with zero attached hydrogens (tertiary/aromatic N) is 3. The highest BCUT2D eigenvalue weighted by Gasteiger charge is 2.15. The maximum Gasteiger partial charge on any atom is 0.157 e. The maximum absolute atomic E-state index is 5.43. The molecule has 0 radical (unpaired) electrons. The van der Waals surface area contributed by atoms with E-state index in [1.807, 2.05) is 17.5 Å². The molecule has 0 aliphatic carbocycles. The molecule has 0 bridgehead atoms. The monoisotopic (exact) mass is 288 g/mol. The standard InChI is InChI=1S/C16H24N4O/c1-11(2)14-9-15(17-6-4-13-5-7-21-10-13)20-16(18-14)8-12(3)19-20/h8-9,11,13,17H,4-7,10H2,1-3H3/t13-/m1/s1. The average Bonchev–Trinajstić information content (AvgIpc) is 3.06. The van der Waals surface area contributed by atoms with E-state index in [4.69, 9.17) is 4.74 Å². The van der Waals surface area contributed by atoms with Crippen LogP contribution in [0.4, 0.5) is 5.82 Å². The molecule has 114 valence electrons.